The lowest BCUT2D eigenvalue weighted by molar-refractivity contribution is 0.0951. The number of halogens is 2. The third kappa shape index (κ3) is 5.38. The van der Waals surface area contributed by atoms with Crippen LogP contribution in [0.15, 0.2) is 42.5 Å². The van der Waals surface area contributed by atoms with Crippen molar-refractivity contribution in [2.75, 3.05) is 11.9 Å². The minimum atomic E-state index is -0.851. The van der Waals surface area contributed by atoms with E-state index in [1.54, 1.807) is 0 Å². The maximum atomic E-state index is 13.6. The Morgan fingerprint density at radius 2 is 1.56 bits per heavy atom. The molecule has 0 fully saturated rings. The molecule has 2 amide bonds. The van der Waals surface area contributed by atoms with Gasteiger partial charge in [0.25, 0.3) is 11.8 Å². The fourth-order valence-corrected chi connectivity index (χ4v) is 2.24. The van der Waals surface area contributed by atoms with Gasteiger partial charge in [-0.1, -0.05) is 19.8 Å². The summed E-state index contributed by atoms with van der Waals surface area (Å²) in [5, 5.41) is 5.18. The number of carbonyl (C=O) groups excluding carboxylic acids is 2. The lowest BCUT2D eigenvalue weighted by Gasteiger charge is -2.08. The maximum absolute atomic E-state index is 13.6. The Kier molecular flexibility index (Phi) is 6.62. The van der Waals surface area contributed by atoms with E-state index in [4.69, 9.17) is 0 Å². The molecule has 0 saturated heterocycles. The molecule has 2 rings (SSSR count). The van der Waals surface area contributed by atoms with Crippen molar-refractivity contribution in [3.05, 3.63) is 65.2 Å². The number of benzene rings is 2. The third-order valence-corrected chi connectivity index (χ3v) is 3.65. The lowest BCUT2D eigenvalue weighted by Crippen LogP contribution is -2.24. The highest BCUT2D eigenvalue weighted by molar-refractivity contribution is 6.05. The van der Waals surface area contributed by atoms with Crippen LogP contribution in [0.4, 0.5) is 14.5 Å². The summed E-state index contributed by atoms with van der Waals surface area (Å²) in [5.41, 5.74) is 0.608. The second kappa shape index (κ2) is 8.92. The molecule has 2 N–H and O–H groups in total. The van der Waals surface area contributed by atoms with Crippen LogP contribution in [0.3, 0.4) is 0 Å². The molecule has 0 aliphatic rings. The van der Waals surface area contributed by atoms with Gasteiger partial charge in [0, 0.05) is 23.7 Å². The van der Waals surface area contributed by atoms with E-state index in [1.165, 1.54) is 24.3 Å². The average Bonchev–Trinajstić information content (AvgIpc) is 2.61. The second-order valence-corrected chi connectivity index (χ2v) is 5.62. The Morgan fingerprint density at radius 1 is 0.920 bits per heavy atom. The van der Waals surface area contributed by atoms with Crippen molar-refractivity contribution in [1.29, 1.82) is 0 Å². The van der Waals surface area contributed by atoms with Gasteiger partial charge in [-0.05, 0) is 42.8 Å². The molecule has 0 radical (unpaired) electrons. The van der Waals surface area contributed by atoms with Gasteiger partial charge in [0.1, 0.15) is 11.6 Å². The van der Waals surface area contributed by atoms with Crippen molar-refractivity contribution in [2.45, 2.75) is 26.2 Å². The Hall–Kier alpha value is -2.76. The summed E-state index contributed by atoms with van der Waals surface area (Å²) in [5.74, 6) is -2.31. The third-order valence-electron chi connectivity index (χ3n) is 3.65. The zero-order valence-corrected chi connectivity index (χ0v) is 13.9. The van der Waals surface area contributed by atoms with Crippen molar-refractivity contribution < 1.29 is 18.4 Å². The van der Waals surface area contributed by atoms with Gasteiger partial charge in [0.2, 0.25) is 0 Å². The Balaban J connectivity index is 1.96. The molecule has 0 bridgehead atoms. The molecule has 2 aromatic rings. The first-order chi connectivity index (χ1) is 12.0. The quantitative estimate of drug-likeness (QED) is 0.741. The largest absolute Gasteiger partial charge is 0.352 e. The number of rotatable bonds is 7. The predicted molar refractivity (Wildman–Crippen MR) is 92.6 cm³/mol. The van der Waals surface area contributed by atoms with Crippen LogP contribution in [0.1, 0.15) is 46.9 Å². The molecule has 4 nitrogen and oxygen atoms in total. The number of hydrogen-bond donors (Lipinski definition) is 2. The van der Waals surface area contributed by atoms with E-state index in [-0.39, 0.29) is 17.2 Å². The SMILES string of the molecule is CCCCCNC(=O)c1ccc(C(=O)Nc2ccc(F)cc2F)cc1. The molecule has 25 heavy (non-hydrogen) atoms. The van der Waals surface area contributed by atoms with Crippen molar-refractivity contribution in [3.63, 3.8) is 0 Å². The van der Waals surface area contributed by atoms with E-state index in [9.17, 15) is 18.4 Å². The highest BCUT2D eigenvalue weighted by Crippen LogP contribution is 2.16. The first-order valence-corrected chi connectivity index (χ1v) is 8.16. The average molecular weight is 346 g/mol. The number of anilines is 1. The monoisotopic (exact) mass is 346 g/mol. The number of nitrogens with one attached hydrogen (secondary N) is 2. The van der Waals surface area contributed by atoms with E-state index in [0.29, 0.717) is 18.2 Å². The van der Waals surface area contributed by atoms with E-state index < -0.39 is 17.5 Å². The summed E-state index contributed by atoms with van der Waals surface area (Å²) in [4.78, 5) is 24.1. The van der Waals surface area contributed by atoms with Crippen LogP contribution in [0.5, 0.6) is 0 Å². The van der Waals surface area contributed by atoms with Gasteiger partial charge in [-0.3, -0.25) is 9.59 Å². The van der Waals surface area contributed by atoms with Crippen molar-refractivity contribution in [3.8, 4) is 0 Å². The van der Waals surface area contributed by atoms with Gasteiger partial charge in [-0.25, -0.2) is 8.78 Å². The molecule has 0 saturated carbocycles. The van der Waals surface area contributed by atoms with Gasteiger partial charge in [-0.15, -0.1) is 0 Å². The van der Waals surface area contributed by atoms with Gasteiger partial charge in [0.15, 0.2) is 0 Å². The molecule has 0 aliphatic carbocycles. The Morgan fingerprint density at radius 3 is 2.16 bits per heavy atom. The maximum Gasteiger partial charge on any atom is 0.255 e. The minimum absolute atomic E-state index is 0.107. The van der Waals surface area contributed by atoms with Gasteiger partial charge < -0.3 is 10.6 Å². The van der Waals surface area contributed by atoms with E-state index in [1.807, 2.05) is 0 Å². The highest BCUT2D eigenvalue weighted by Gasteiger charge is 2.11. The number of unbranched alkanes of at least 4 members (excludes halogenated alkanes) is 2. The van der Waals surface area contributed by atoms with Crippen LogP contribution in [-0.4, -0.2) is 18.4 Å². The van der Waals surface area contributed by atoms with Crippen LogP contribution < -0.4 is 10.6 Å². The van der Waals surface area contributed by atoms with Crippen molar-refractivity contribution in [1.82, 2.24) is 5.32 Å². The zero-order chi connectivity index (χ0) is 18.2. The smallest absolute Gasteiger partial charge is 0.255 e. The first kappa shape index (κ1) is 18.6. The molecule has 6 heteroatoms. The topological polar surface area (TPSA) is 58.2 Å². The summed E-state index contributed by atoms with van der Waals surface area (Å²) < 4.78 is 26.4. The van der Waals surface area contributed by atoms with Gasteiger partial charge in [-0.2, -0.15) is 0 Å². The Bertz CT molecular complexity index is 746. The van der Waals surface area contributed by atoms with E-state index in [0.717, 1.165) is 31.4 Å². The molecular formula is C19H20F2N2O2. The van der Waals surface area contributed by atoms with E-state index >= 15 is 0 Å². The predicted octanol–water partition coefficient (Wildman–Crippen LogP) is 4.14. The number of carbonyl (C=O) groups is 2. The summed E-state index contributed by atoms with van der Waals surface area (Å²) in [7, 11) is 0. The molecule has 0 aromatic heterocycles. The molecule has 0 atom stereocenters. The molecular weight excluding hydrogens is 326 g/mol. The van der Waals surface area contributed by atoms with Crippen LogP contribution in [0.2, 0.25) is 0 Å². The highest BCUT2D eigenvalue weighted by atomic mass is 19.1. The fourth-order valence-electron chi connectivity index (χ4n) is 2.24. The first-order valence-electron chi connectivity index (χ1n) is 8.16. The molecule has 0 aliphatic heterocycles. The second-order valence-electron chi connectivity index (χ2n) is 5.62. The van der Waals surface area contributed by atoms with Gasteiger partial charge in [0.05, 0.1) is 5.69 Å². The lowest BCUT2D eigenvalue weighted by atomic mass is 10.1. The summed E-state index contributed by atoms with van der Waals surface area (Å²) in [6.07, 6.45) is 3.06. The standard InChI is InChI=1S/C19H20F2N2O2/c1-2-3-4-11-22-18(24)13-5-7-14(8-6-13)19(25)23-17-10-9-15(20)12-16(17)21/h5-10,12H,2-4,11H2,1H3,(H,22,24)(H,23,25). The summed E-state index contributed by atoms with van der Waals surface area (Å²) in [6, 6.07) is 8.94. The van der Waals surface area contributed by atoms with Crippen LogP contribution in [0.25, 0.3) is 0 Å². The molecule has 2 aromatic carbocycles. The summed E-state index contributed by atoms with van der Waals surface area (Å²) >= 11 is 0. The Labute approximate surface area is 145 Å². The van der Waals surface area contributed by atoms with Crippen molar-refractivity contribution in [2.24, 2.45) is 0 Å². The minimum Gasteiger partial charge on any atom is -0.352 e. The summed E-state index contributed by atoms with van der Waals surface area (Å²) in [6.45, 7) is 2.70. The fraction of sp³-hybridized carbons (Fsp3) is 0.263. The van der Waals surface area contributed by atoms with Gasteiger partial charge >= 0.3 is 0 Å². The zero-order valence-electron chi connectivity index (χ0n) is 13.9. The molecule has 0 unspecified atom stereocenters. The number of hydrogen-bond acceptors (Lipinski definition) is 2. The van der Waals surface area contributed by atoms with Crippen LogP contribution >= 0.6 is 0 Å². The van der Waals surface area contributed by atoms with E-state index in [2.05, 4.69) is 17.6 Å². The molecule has 0 heterocycles. The molecule has 132 valence electrons. The van der Waals surface area contributed by atoms with Crippen LogP contribution in [-0.2, 0) is 0 Å². The normalized spacial score (nSPS) is 10.4. The van der Waals surface area contributed by atoms with Crippen LogP contribution in [0, 0.1) is 11.6 Å². The van der Waals surface area contributed by atoms with Crippen molar-refractivity contribution >= 4 is 17.5 Å². The molecule has 0 spiro atoms. The number of amides is 2.